The van der Waals surface area contributed by atoms with Crippen LogP contribution in [0.3, 0.4) is 0 Å². The fourth-order valence-corrected chi connectivity index (χ4v) is 3.52. The highest BCUT2D eigenvalue weighted by Gasteiger charge is 2.17. The Morgan fingerprint density at radius 1 is 0.775 bits per heavy atom. The van der Waals surface area contributed by atoms with E-state index in [0.29, 0.717) is 23.0 Å². The van der Waals surface area contributed by atoms with Crippen LogP contribution in [0.15, 0.2) is 48.5 Å². The number of nitrogens with two attached hydrogens (primary N) is 1. The molecule has 40 heavy (non-hydrogen) atoms. The van der Waals surface area contributed by atoms with E-state index in [-0.39, 0.29) is 28.3 Å². The number of hydrogen-bond donors (Lipinski definition) is 3. The second kappa shape index (κ2) is 14.7. The number of aromatic nitrogens is 6. The molecule has 4 N–H and O–H groups in total. The standard InChI is InChI=1S/C14H15ClN4O2.C12H12ClN5O/c1-3-9-6-5-7-12(16-9)17-10-8-11(15)18-19-13(10)14(20)21-4-2;1-2-7-4-3-5-10(15-7)16-8-6-9(13)17-18-11(8)12(14)19/h5-8H,3-4H2,1-2H3,(H,16,17,18);3-6H,2H2,1H3,(H2,14,19)(H,15,16,17). The smallest absolute Gasteiger partial charge is 0.361 e. The number of aryl methyl sites for hydroxylation is 2. The second-order valence-corrected chi connectivity index (χ2v) is 8.70. The third-order valence-corrected chi connectivity index (χ3v) is 5.46. The summed E-state index contributed by atoms with van der Waals surface area (Å²) in [6.07, 6.45) is 1.63. The number of nitrogens with one attached hydrogen (secondary N) is 2. The van der Waals surface area contributed by atoms with Crippen molar-refractivity contribution in [2.45, 2.75) is 33.6 Å². The van der Waals surface area contributed by atoms with Gasteiger partial charge in [0.15, 0.2) is 21.7 Å². The normalized spacial score (nSPS) is 10.2. The Morgan fingerprint density at radius 2 is 1.25 bits per heavy atom. The second-order valence-electron chi connectivity index (χ2n) is 7.93. The van der Waals surface area contributed by atoms with E-state index in [0.717, 1.165) is 24.2 Å². The zero-order chi connectivity index (χ0) is 29.1. The number of esters is 1. The van der Waals surface area contributed by atoms with Gasteiger partial charge in [0.05, 0.1) is 18.0 Å². The van der Waals surface area contributed by atoms with Crippen LogP contribution in [0.25, 0.3) is 0 Å². The van der Waals surface area contributed by atoms with Crippen LogP contribution in [0.2, 0.25) is 10.3 Å². The topological polar surface area (TPSA) is 171 Å². The van der Waals surface area contributed by atoms with Gasteiger partial charge in [-0.1, -0.05) is 49.2 Å². The van der Waals surface area contributed by atoms with E-state index in [1.54, 1.807) is 19.1 Å². The number of primary amides is 1. The highest BCUT2D eigenvalue weighted by molar-refractivity contribution is 6.30. The van der Waals surface area contributed by atoms with E-state index in [1.807, 2.05) is 38.1 Å². The molecule has 1 amide bonds. The van der Waals surface area contributed by atoms with Crippen LogP contribution in [0.4, 0.5) is 23.0 Å². The number of hydrogen-bond acceptors (Lipinski definition) is 11. The quantitative estimate of drug-likeness (QED) is 0.228. The van der Waals surface area contributed by atoms with Gasteiger partial charge in [0.25, 0.3) is 5.91 Å². The fraction of sp³-hybridized carbons (Fsp3) is 0.231. The van der Waals surface area contributed by atoms with Crippen molar-refractivity contribution in [2.75, 3.05) is 17.2 Å². The van der Waals surface area contributed by atoms with Crippen LogP contribution in [0.1, 0.15) is 53.1 Å². The van der Waals surface area contributed by atoms with Gasteiger partial charge < -0.3 is 21.1 Å². The number of rotatable bonds is 9. The third-order valence-electron chi connectivity index (χ3n) is 5.09. The van der Waals surface area contributed by atoms with Gasteiger partial charge in [0, 0.05) is 23.5 Å². The van der Waals surface area contributed by atoms with Gasteiger partial charge in [-0.3, -0.25) is 4.79 Å². The maximum absolute atomic E-state index is 11.9. The number of halogens is 2. The van der Waals surface area contributed by atoms with E-state index < -0.39 is 11.9 Å². The first-order chi connectivity index (χ1) is 19.2. The number of anilines is 4. The molecule has 4 aromatic rings. The maximum Gasteiger partial charge on any atom is 0.361 e. The van der Waals surface area contributed by atoms with Gasteiger partial charge in [0.2, 0.25) is 0 Å². The van der Waals surface area contributed by atoms with Crippen LogP contribution in [0.5, 0.6) is 0 Å². The van der Waals surface area contributed by atoms with Crippen LogP contribution < -0.4 is 16.4 Å². The van der Waals surface area contributed by atoms with E-state index in [9.17, 15) is 9.59 Å². The molecule has 0 radical (unpaired) electrons. The average Bonchev–Trinajstić information content (AvgIpc) is 2.93. The molecule has 0 bridgehead atoms. The zero-order valence-corrected chi connectivity index (χ0v) is 23.5. The Morgan fingerprint density at radius 3 is 1.70 bits per heavy atom. The van der Waals surface area contributed by atoms with Crippen LogP contribution in [-0.4, -0.2) is 48.8 Å². The summed E-state index contributed by atoms with van der Waals surface area (Å²) in [6, 6.07) is 14.2. The molecule has 14 heteroatoms. The van der Waals surface area contributed by atoms with Gasteiger partial charge in [-0.05, 0) is 44.0 Å². The molecule has 4 rings (SSSR count). The molecule has 208 valence electrons. The number of ether oxygens (including phenoxy) is 1. The van der Waals surface area contributed by atoms with Crippen LogP contribution in [-0.2, 0) is 17.6 Å². The highest BCUT2D eigenvalue weighted by Crippen LogP contribution is 2.22. The molecule has 4 aromatic heterocycles. The van der Waals surface area contributed by atoms with Crippen molar-refractivity contribution in [2.24, 2.45) is 5.73 Å². The maximum atomic E-state index is 11.9. The molecule has 0 aliphatic carbocycles. The number of carbonyl (C=O) groups is 2. The molecule has 0 unspecified atom stereocenters. The first-order valence-electron chi connectivity index (χ1n) is 12.2. The minimum atomic E-state index is -0.682. The molecule has 12 nitrogen and oxygen atoms in total. The van der Waals surface area contributed by atoms with E-state index in [1.165, 1.54) is 12.1 Å². The molecule has 0 saturated heterocycles. The summed E-state index contributed by atoms with van der Waals surface area (Å²) in [7, 11) is 0. The summed E-state index contributed by atoms with van der Waals surface area (Å²) in [5.41, 5.74) is 7.98. The van der Waals surface area contributed by atoms with Gasteiger partial charge in [-0.2, -0.15) is 0 Å². The van der Waals surface area contributed by atoms with E-state index in [4.69, 9.17) is 33.7 Å². The summed E-state index contributed by atoms with van der Waals surface area (Å²) in [6.45, 7) is 6.00. The van der Waals surface area contributed by atoms with Crippen molar-refractivity contribution in [3.05, 3.63) is 81.6 Å². The minimum Gasteiger partial charge on any atom is -0.461 e. The Balaban J connectivity index is 0.000000222. The Bertz CT molecular complexity index is 1490. The number of amides is 1. The lowest BCUT2D eigenvalue weighted by molar-refractivity contribution is 0.0519. The SMILES string of the molecule is CCOC(=O)c1nnc(Cl)cc1Nc1cccc(CC)n1.CCc1cccc(Nc2cc(Cl)nnc2C(N)=O)n1. The van der Waals surface area contributed by atoms with Crippen molar-refractivity contribution in [3.63, 3.8) is 0 Å². The minimum absolute atomic E-state index is 0.0214. The van der Waals surface area contributed by atoms with Gasteiger partial charge in [-0.25, -0.2) is 14.8 Å². The summed E-state index contributed by atoms with van der Waals surface area (Å²) in [5.74, 6) is -0.0518. The van der Waals surface area contributed by atoms with Crippen molar-refractivity contribution in [1.29, 1.82) is 0 Å². The lowest BCUT2D eigenvalue weighted by Crippen LogP contribution is -2.16. The molecule has 0 aliphatic rings. The molecule has 4 heterocycles. The first-order valence-corrected chi connectivity index (χ1v) is 13.0. The van der Waals surface area contributed by atoms with Crippen molar-refractivity contribution in [1.82, 2.24) is 30.4 Å². The van der Waals surface area contributed by atoms with Gasteiger partial charge in [-0.15, -0.1) is 20.4 Å². The number of carbonyl (C=O) groups excluding carboxylic acids is 2. The predicted molar refractivity (Wildman–Crippen MR) is 152 cm³/mol. The van der Waals surface area contributed by atoms with Gasteiger partial charge in [0.1, 0.15) is 11.6 Å². The van der Waals surface area contributed by atoms with Crippen LogP contribution in [0, 0.1) is 0 Å². The number of nitrogens with zero attached hydrogens (tertiary/aromatic N) is 6. The molecular weight excluding hydrogens is 557 g/mol. The van der Waals surface area contributed by atoms with Crippen LogP contribution >= 0.6 is 23.2 Å². The Hall–Kier alpha value is -4.42. The predicted octanol–water partition coefficient (Wildman–Crippen LogP) is 4.94. The largest absolute Gasteiger partial charge is 0.461 e. The zero-order valence-electron chi connectivity index (χ0n) is 22.0. The third kappa shape index (κ3) is 8.55. The van der Waals surface area contributed by atoms with E-state index in [2.05, 4.69) is 41.0 Å². The summed E-state index contributed by atoms with van der Waals surface area (Å²) in [4.78, 5) is 31.9. The summed E-state index contributed by atoms with van der Waals surface area (Å²) < 4.78 is 4.95. The summed E-state index contributed by atoms with van der Waals surface area (Å²) >= 11 is 11.6. The lowest BCUT2D eigenvalue weighted by Gasteiger charge is -2.10. The molecule has 0 spiro atoms. The lowest BCUT2D eigenvalue weighted by atomic mass is 10.2. The Labute approximate surface area is 240 Å². The highest BCUT2D eigenvalue weighted by atomic mass is 35.5. The molecule has 0 fully saturated rings. The average molecular weight is 584 g/mol. The van der Waals surface area contributed by atoms with Gasteiger partial charge >= 0.3 is 5.97 Å². The van der Waals surface area contributed by atoms with E-state index >= 15 is 0 Å². The molecule has 0 aliphatic heterocycles. The van der Waals surface area contributed by atoms with Crippen molar-refractivity contribution < 1.29 is 14.3 Å². The molecule has 0 saturated carbocycles. The molecule has 0 aromatic carbocycles. The summed E-state index contributed by atoms with van der Waals surface area (Å²) in [5, 5.41) is 21.1. The number of pyridine rings is 2. The molecule has 0 atom stereocenters. The van der Waals surface area contributed by atoms with Crippen molar-refractivity contribution in [3.8, 4) is 0 Å². The Kier molecular flexibility index (Phi) is 11.0. The first kappa shape index (κ1) is 30.1. The van der Waals surface area contributed by atoms with Crippen molar-refractivity contribution >= 4 is 58.1 Å². The monoisotopic (exact) mass is 583 g/mol. The molecular formula is C26H27Cl2N9O3. The fourth-order valence-electron chi connectivity index (χ4n) is 3.23.